The number of nitro benzene ring substituents is 1. The van der Waals surface area contributed by atoms with E-state index >= 15 is 0 Å². The molecule has 0 spiro atoms. The third-order valence-electron chi connectivity index (χ3n) is 2.93. The number of anilines is 1. The minimum Gasteiger partial charge on any atom is -0.305 e. The number of nitro groups is 1. The summed E-state index contributed by atoms with van der Waals surface area (Å²) in [6, 6.07) is 14.8. The first-order valence-corrected chi connectivity index (χ1v) is 6.35. The van der Waals surface area contributed by atoms with Crippen molar-refractivity contribution in [1.29, 1.82) is 0 Å². The average Bonchev–Trinajstić information content (AvgIpc) is 2.53. The molecule has 0 fully saturated rings. The number of para-hydroxylation sites is 1. The van der Waals surface area contributed by atoms with Crippen molar-refractivity contribution in [3.8, 4) is 0 Å². The van der Waals surface area contributed by atoms with Crippen LogP contribution in [-0.2, 0) is 0 Å². The van der Waals surface area contributed by atoms with Gasteiger partial charge in [-0.15, -0.1) is 6.58 Å². The highest BCUT2D eigenvalue weighted by molar-refractivity contribution is 6.06. The van der Waals surface area contributed by atoms with Gasteiger partial charge in [-0.25, -0.2) is 0 Å². The van der Waals surface area contributed by atoms with Gasteiger partial charge in [-0.05, 0) is 18.2 Å². The number of amides is 1. The van der Waals surface area contributed by atoms with Crippen LogP contribution in [0.5, 0.6) is 0 Å². The monoisotopic (exact) mass is 282 g/mol. The van der Waals surface area contributed by atoms with Crippen molar-refractivity contribution in [3.05, 3.63) is 82.9 Å². The molecule has 2 rings (SSSR count). The number of rotatable bonds is 5. The van der Waals surface area contributed by atoms with Crippen LogP contribution in [0.3, 0.4) is 0 Å². The number of hydrogen-bond donors (Lipinski definition) is 0. The standard InChI is InChI=1S/C16H14N2O3/c1-2-11-17(14-8-4-3-5-9-14)16(19)13-7-6-10-15(12-13)18(20)21/h2-10,12H,1,11H2. The Morgan fingerprint density at radius 1 is 1.19 bits per heavy atom. The Morgan fingerprint density at radius 3 is 2.52 bits per heavy atom. The molecule has 106 valence electrons. The Kier molecular flexibility index (Phi) is 4.46. The molecule has 1 amide bonds. The zero-order valence-electron chi connectivity index (χ0n) is 11.3. The second-order valence-electron chi connectivity index (χ2n) is 4.35. The van der Waals surface area contributed by atoms with Crippen molar-refractivity contribution >= 4 is 17.3 Å². The molecule has 0 radical (unpaired) electrons. The van der Waals surface area contributed by atoms with E-state index in [1.54, 1.807) is 24.3 Å². The summed E-state index contributed by atoms with van der Waals surface area (Å²) in [4.78, 5) is 24.4. The summed E-state index contributed by atoms with van der Waals surface area (Å²) in [5.74, 6) is -0.301. The fourth-order valence-electron chi connectivity index (χ4n) is 1.95. The Hall–Kier alpha value is -2.95. The van der Waals surface area contributed by atoms with Crippen LogP contribution in [0.1, 0.15) is 10.4 Å². The smallest absolute Gasteiger partial charge is 0.270 e. The van der Waals surface area contributed by atoms with Gasteiger partial charge in [0, 0.05) is 29.9 Å². The van der Waals surface area contributed by atoms with Crippen LogP contribution in [0.2, 0.25) is 0 Å². The lowest BCUT2D eigenvalue weighted by Crippen LogP contribution is -2.31. The third kappa shape index (κ3) is 3.33. The van der Waals surface area contributed by atoms with Gasteiger partial charge >= 0.3 is 0 Å². The van der Waals surface area contributed by atoms with Gasteiger partial charge in [-0.1, -0.05) is 30.3 Å². The van der Waals surface area contributed by atoms with Gasteiger partial charge in [-0.3, -0.25) is 14.9 Å². The van der Waals surface area contributed by atoms with Gasteiger partial charge in [0.15, 0.2) is 0 Å². The summed E-state index contributed by atoms with van der Waals surface area (Å²) in [5.41, 5.74) is 0.885. The summed E-state index contributed by atoms with van der Waals surface area (Å²) in [6.45, 7) is 3.97. The van der Waals surface area contributed by atoms with Crippen LogP contribution < -0.4 is 4.90 Å². The van der Waals surface area contributed by atoms with Crippen molar-refractivity contribution in [2.45, 2.75) is 0 Å². The lowest BCUT2D eigenvalue weighted by molar-refractivity contribution is -0.384. The van der Waals surface area contributed by atoms with Crippen molar-refractivity contribution in [1.82, 2.24) is 0 Å². The number of non-ortho nitro benzene ring substituents is 1. The van der Waals surface area contributed by atoms with Gasteiger partial charge in [0.25, 0.3) is 11.6 Å². The summed E-state index contributed by atoms with van der Waals surface area (Å²) in [7, 11) is 0. The highest BCUT2D eigenvalue weighted by Crippen LogP contribution is 2.19. The second-order valence-corrected chi connectivity index (χ2v) is 4.35. The second kappa shape index (κ2) is 6.47. The van der Waals surface area contributed by atoms with Crippen molar-refractivity contribution in [2.24, 2.45) is 0 Å². The molecule has 5 nitrogen and oxygen atoms in total. The molecule has 5 heteroatoms. The predicted octanol–water partition coefficient (Wildman–Crippen LogP) is 3.43. The molecule has 0 aliphatic rings. The van der Waals surface area contributed by atoms with Gasteiger partial charge < -0.3 is 4.90 Å². The zero-order valence-corrected chi connectivity index (χ0v) is 11.3. The van der Waals surface area contributed by atoms with E-state index in [2.05, 4.69) is 6.58 Å². The zero-order chi connectivity index (χ0) is 15.2. The van der Waals surface area contributed by atoms with Gasteiger partial charge in [0.1, 0.15) is 0 Å². The number of carbonyl (C=O) groups excluding carboxylic acids is 1. The highest BCUT2D eigenvalue weighted by atomic mass is 16.6. The fourth-order valence-corrected chi connectivity index (χ4v) is 1.95. The molecule has 0 atom stereocenters. The van der Waals surface area contributed by atoms with Crippen LogP contribution in [0.15, 0.2) is 67.3 Å². The van der Waals surface area contributed by atoms with E-state index in [9.17, 15) is 14.9 Å². The quantitative estimate of drug-likeness (QED) is 0.479. The van der Waals surface area contributed by atoms with Gasteiger partial charge in [0.2, 0.25) is 0 Å². The SMILES string of the molecule is C=CCN(C(=O)c1cccc([N+](=O)[O-])c1)c1ccccc1. The molecule has 0 saturated carbocycles. The van der Waals surface area contributed by atoms with Crippen LogP contribution in [-0.4, -0.2) is 17.4 Å². The summed E-state index contributed by atoms with van der Waals surface area (Å²) in [5, 5.41) is 10.8. The average molecular weight is 282 g/mol. The molecule has 0 heterocycles. The van der Waals surface area contributed by atoms with Crippen LogP contribution in [0.25, 0.3) is 0 Å². The van der Waals surface area contributed by atoms with Crippen molar-refractivity contribution < 1.29 is 9.72 Å². The Labute approximate surface area is 122 Å². The van der Waals surface area contributed by atoms with Crippen LogP contribution in [0.4, 0.5) is 11.4 Å². The van der Waals surface area contributed by atoms with E-state index < -0.39 is 4.92 Å². The molecule has 21 heavy (non-hydrogen) atoms. The third-order valence-corrected chi connectivity index (χ3v) is 2.93. The minimum atomic E-state index is -0.517. The summed E-state index contributed by atoms with van der Waals surface area (Å²) < 4.78 is 0. The number of benzene rings is 2. The van der Waals surface area contributed by atoms with E-state index in [1.165, 1.54) is 23.1 Å². The first-order chi connectivity index (χ1) is 10.1. The maximum Gasteiger partial charge on any atom is 0.270 e. The Balaban J connectivity index is 2.37. The molecule has 0 saturated heterocycles. The first kappa shape index (κ1) is 14.5. The molecule has 2 aromatic rings. The normalized spacial score (nSPS) is 9.90. The lowest BCUT2D eigenvalue weighted by atomic mass is 10.1. The predicted molar refractivity (Wildman–Crippen MR) is 81.4 cm³/mol. The first-order valence-electron chi connectivity index (χ1n) is 6.35. The summed E-state index contributed by atoms with van der Waals surface area (Å²) >= 11 is 0. The minimum absolute atomic E-state index is 0.104. The fraction of sp³-hybridized carbons (Fsp3) is 0.0625. The van der Waals surface area contributed by atoms with E-state index in [-0.39, 0.29) is 17.2 Å². The molecule has 0 aliphatic heterocycles. The van der Waals surface area contributed by atoms with E-state index in [1.807, 2.05) is 18.2 Å². The maximum atomic E-state index is 12.6. The van der Waals surface area contributed by atoms with Crippen LogP contribution >= 0.6 is 0 Å². The number of nitrogens with zero attached hydrogens (tertiary/aromatic N) is 2. The van der Waals surface area contributed by atoms with E-state index in [4.69, 9.17) is 0 Å². The number of carbonyl (C=O) groups is 1. The maximum absolute atomic E-state index is 12.6. The highest BCUT2D eigenvalue weighted by Gasteiger charge is 2.18. The largest absolute Gasteiger partial charge is 0.305 e. The lowest BCUT2D eigenvalue weighted by Gasteiger charge is -2.21. The molecule has 0 unspecified atom stereocenters. The molecular formula is C16H14N2O3. The molecule has 0 N–H and O–H groups in total. The molecule has 2 aromatic carbocycles. The van der Waals surface area contributed by atoms with Gasteiger partial charge in [0.05, 0.1) is 4.92 Å². The Morgan fingerprint density at radius 2 is 1.90 bits per heavy atom. The topological polar surface area (TPSA) is 63.5 Å². The molecule has 0 bridgehead atoms. The molecule has 0 aliphatic carbocycles. The molecular weight excluding hydrogens is 268 g/mol. The van der Waals surface area contributed by atoms with Gasteiger partial charge in [-0.2, -0.15) is 0 Å². The molecule has 0 aromatic heterocycles. The Bertz CT molecular complexity index is 668. The summed E-state index contributed by atoms with van der Waals surface area (Å²) in [6.07, 6.45) is 1.61. The van der Waals surface area contributed by atoms with E-state index in [0.29, 0.717) is 12.2 Å². The number of hydrogen-bond acceptors (Lipinski definition) is 3. The van der Waals surface area contributed by atoms with E-state index in [0.717, 1.165) is 0 Å². The van der Waals surface area contributed by atoms with Crippen LogP contribution in [0, 0.1) is 10.1 Å². The van der Waals surface area contributed by atoms with Crippen molar-refractivity contribution in [3.63, 3.8) is 0 Å². The van der Waals surface area contributed by atoms with Crippen molar-refractivity contribution in [2.75, 3.05) is 11.4 Å².